The van der Waals surface area contributed by atoms with Crippen LogP contribution in [-0.4, -0.2) is 24.2 Å². The molecule has 0 saturated carbocycles. The van der Waals surface area contributed by atoms with Crippen LogP contribution in [0.15, 0.2) is 30.3 Å². The van der Waals surface area contributed by atoms with Crippen molar-refractivity contribution in [3.05, 3.63) is 35.9 Å². The minimum Gasteiger partial charge on any atom is -0.392 e. The molecule has 1 aromatic carbocycles. The molecule has 0 aliphatic heterocycles. The summed E-state index contributed by atoms with van der Waals surface area (Å²) in [5.74, 6) is 0. The van der Waals surface area contributed by atoms with Gasteiger partial charge in [0.15, 0.2) is 0 Å². The summed E-state index contributed by atoms with van der Waals surface area (Å²) in [4.78, 5) is 0.0175. The highest BCUT2D eigenvalue weighted by atomic mass is 32.2. The summed E-state index contributed by atoms with van der Waals surface area (Å²) in [6, 6.07) is 9.99. The van der Waals surface area contributed by atoms with E-state index in [1.807, 2.05) is 44.2 Å². The molecule has 4 nitrogen and oxygen atoms in total. The number of thiocarbonyl (C=S) groups is 1. The van der Waals surface area contributed by atoms with Crippen molar-refractivity contribution in [1.29, 1.82) is 0 Å². The Labute approximate surface area is 133 Å². The van der Waals surface area contributed by atoms with Gasteiger partial charge in [-0.1, -0.05) is 49.5 Å². The van der Waals surface area contributed by atoms with Crippen molar-refractivity contribution in [1.82, 2.24) is 4.72 Å². The molecule has 1 unspecified atom stereocenters. The molecule has 1 aromatic rings. The van der Waals surface area contributed by atoms with E-state index in [0.29, 0.717) is 12.8 Å². The molecule has 0 amide bonds. The van der Waals surface area contributed by atoms with E-state index in [0.717, 1.165) is 6.42 Å². The predicted molar refractivity (Wildman–Crippen MR) is 91.8 cm³/mol. The molecule has 0 bridgehead atoms. The maximum Gasteiger partial charge on any atom is 0.221 e. The lowest BCUT2D eigenvalue weighted by atomic mass is 9.97. The quantitative estimate of drug-likeness (QED) is 0.719. The average molecular weight is 329 g/mol. The lowest BCUT2D eigenvalue weighted by molar-refractivity contribution is 0.420. The highest BCUT2D eigenvalue weighted by Gasteiger charge is 2.32. The van der Waals surface area contributed by atoms with E-state index in [1.165, 1.54) is 5.56 Å². The highest BCUT2D eigenvalue weighted by molar-refractivity contribution is 7.93. The van der Waals surface area contributed by atoms with Crippen LogP contribution in [0.1, 0.15) is 39.2 Å². The van der Waals surface area contributed by atoms with Crippen molar-refractivity contribution in [2.45, 2.75) is 50.8 Å². The van der Waals surface area contributed by atoms with Crippen LogP contribution in [0.3, 0.4) is 0 Å². The summed E-state index contributed by atoms with van der Waals surface area (Å²) >= 11 is 4.85. The monoisotopic (exact) mass is 328 g/mol. The molecule has 118 valence electrons. The second kappa shape index (κ2) is 7.33. The number of hydrogen-bond acceptors (Lipinski definition) is 3. The van der Waals surface area contributed by atoms with E-state index in [2.05, 4.69) is 4.72 Å². The van der Waals surface area contributed by atoms with Gasteiger partial charge in [-0.2, -0.15) is 0 Å². The molecule has 0 heterocycles. The second-order valence-electron chi connectivity index (χ2n) is 5.82. The van der Waals surface area contributed by atoms with Crippen LogP contribution in [-0.2, 0) is 16.4 Å². The smallest absolute Gasteiger partial charge is 0.221 e. The fourth-order valence-electron chi connectivity index (χ4n) is 2.18. The number of nitrogens with two attached hydrogens (primary N) is 1. The number of sulfonamides is 1. The molecule has 0 fully saturated rings. The number of benzene rings is 1. The van der Waals surface area contributed by atoms with Crippen LogP contribution in [0.4, 0.5) is 0 Å². The molecule has 0 saturated heterocycles. The SMILES string of the molecule is CCC(C(N)=S)S(=O)(=O)NC(C)(C)CCc1ccccc1. The van der Waals surface area contributed by atoms with Crippen LogP contribution in [0.25, 0.3) is 0 Å². The minimum absolute atomic E-state index is 0.0175. The fraction of sp³-hybridized carbons (Fsp3) is 0.533. The molecular weight excluding hydrogens is 304 g/mol. The third-order valence-electron chi connectivity index (χ3n) is 3.36. The Kier molecular flexibility index (Phi) is 6.31. The van der Waals surface area contributed by atoms with E-state index >= 15 is 0 Å². The fourth-order valence-corrected chi connectivity index (χ4v) is 4.49. The summed E-state index contributed by atoms with van der Waals surface area (Å²) in [6.07, 6.45) is 1.88. The number of aryl methyl sites for hydroxylation is 1. The third-order valence-corrected chi connectivity index (χ3v) is 5.97. The Morgan fingerprint density at radius 3 is 2.38 bits per heavy atom. The molecular formula is C15H24N2O2S2. The van der Waals surface area contributed by atoms with Crippen molar-refractivity contribution in [2.75, 3.05) is 0 Å². The van der Waals surface area contributed by atoms with Gasteiger partial charge in [-0.15, -0.1) is 0 Å². The summed E-state index contributed by atoms with van der Waals surface area (Å²) in [5, 5.41) is -0.816. The van der Waals surface area contributed by atoms with Crippen LogP contribution < -0.4 is 10.5 Å². The molecule has 0 spiro atoms. The largest absolute Gasteiger partial charge is 0.392 e. The average Bonchev–Trinajstić information content (AvgIpc) is 2.36. The highest BCUT2D eigenvalue weighted by Crippen LogP contribution is 2.17. The van der Waals surface area contributed by atoms with Crippen LogP contribution in [0.2, 0.25) is 0 Å². The first kappa shape index (κ1) is 18.1. The number of nitrogens with one attached hydrogen (secondary N) is 1. The Balaban J connectivity index is 2.73. The maximum absolute atomic E-state index is 12.4. The van der Waals surface area contributed by atoms with Gasteiger partial charge in [0.25, 0.3) is 0 Å². The van der Waals surface area contributed by atoms with Crippen LogP contribution in [0.5, 0.6) is 0 Å². The van der Waals surface area contributed by atoms with E-state index in [4.69, 9.17) is 18.0 Å². The number of rotatable bonds is 8. The topological polar surface area (TPSA) is 72.2 Å². The van der Waals surface area contributed by atoms with Gasteiger partial charge in [0.1, 0.15) is 5.25 Å². The molecule has 1 atom stereocenters. The van der Waals surface area contributed by atoms with Gasteiger partial charge >= 0.3 is 0 Å². The van der Waals surface area contributed by atoms with Gasteiger partial charge in [0.05, 0.1) is 4.99 Å². The van der Waals surface area contributed by atoms with E-state index < -0.39 is 20.8 Å². The lowest BCUT2D eigenvalue weighted by Gasteiger charge is -2.28. The Hall–Kier alpha value is -0.980. The van der Waals surface area contributed by atoms with E-state index in [9.17, 15) is 8.42 Å². The summed E-state index contributed by atoms with van der Waals surface area (Å²) < 4.78 is 27.4. The van der Waals surface area contributed by atoms with E-state index in [1.54, 1.807) is 6.92 Å². The van der Waals surface area contributed by atoms with Gasteiger partial charge in [0.2, 0.25) is 10.0 Å². The van der Waals surface area contributed by atoms with Crippen molar-refractivity contribution in [3.63, 3.8) is 0 Å². The van der Waals surface area contributed by atoms with Crippen molar-refractivity contribution >= 4 is 27.2 Å². The number of hydrogen-bond donors (Lipinski definition) is 2. The van der Waals surface area contributed by atoms with Gasteiger partial charge in [-0.3, -0.25) is 0 Å². The molecule has 6 heteroatoms. The van der Waals surface area contributed by atoms with Crippen LogP contribution >= 0.6 is 12.2 Å². The summed E-state index contributed by atoms with van der Waals surface area (Å²) in [7, 11) is -3.55. The Bertz CT molecular complexity index is 569. The maximum atomic E-state index is 12.4. The minimum atomic E-state index is -3.55. The molecule has 3 N–H and O–H groups in total. The Morgan fingerprint density at radius 1 is 1.33 bits per heavy atom. The molecule has 21 heavy (non-hydrogen) atoms. The van der Waals surface area contributed by atoms with Crippen molar-refractivity contribution < 1.29 is 8.42 Å². The van der Waals surface area contributed by atoms with E-state index in [-0.39, 0.29) is 4.99 Å². The normalized spacial score (nSPS) is 13.9. The molecule has 0 radical (unpaired) electrons. The molecule has 0 aliphatic rings. The van der Waals surface area contributed by atoms with Crippen molar-refractivity contribution in [2.24, 2.45) is 5.73 Å². The molecule has 0 aromatic heterocycles. The van der Waals surface area contributed by atoms with Gasteiger partial charge in [-0.25, -0.2) is 13.1 Å². The first-order valence-electron chi connectivity index (χ1n) is 7.04. The predicted octanol–water partition coefficient (Wildman–Crippen LogP) is 2.38. The van der Waals surface area contributed by atoms with Crippen molar-refractivity contribution in [3.8, 4) is 0 Å². The first-order chi connectivity index (χ1) is 9.68. The standard InChI is InChI=1S/C15H24N2O2S2/c1-4-13(14(16)20)21(18,19)17-15(2,3)11-10-12-8-6-5-7-9-12/h5-9,13,17H,4,10-11H2,1-3H3,(H2,16,20). The zero-order valence-corrected chi connectivity index (χ0v) is 14.4. The second-order valence-corrected chi connectivity index (χ2v) is 8.15. The van der Waals surface area contributed by atoms with Gasteiger partial charge in [-0.05, 0) is 38.7 Å². The lowest BCUT2D eigenvalue weighted by Crippen LogP contribution is -2.50. The Morgan fingerprint density at radius 2 is 1.90 bits per heavy atom. The molecule has 0 aliphatic carbocycles. The van der Waals surface area contributed by atoms with Gasteiger partial charge in [0, 0.05) is 5.54 Å². The third kappa shape index (κ3) is 5.73. The zero-order chi connectivity index (χ0) is 16.1. The first-order valence-corrected chi connectivity index (χ1v) is 8.99. The zero-order valence-electron chi connectivity index (χ0n) is 12.8. The summed E-state index contributed by atoms with van der Waals surface area (Å²) in [6.45, 7) is 5.51. The summed E-state index contributed by atoms with van der Waals surface area (Å²) in [5.41, 5.74) is 6.17. The molecule has 1 rings (SSSR count). The van der Waals surface area contributed by atoms with Crippen LogP contribution in [0, 0.1) is 0 Å². The van der Waals surface area contributed by atoms with Gasteiger partial charge < -0.3 is 5.73 Å².